The van der Waals surface area contributed by atoms with Gasteiger partial charge in [0.15, 0.2) is 0 Å². The van der Waals surface area contributed by atoms with Crippen molar-refractivity contribution in [3.05, 3.63) is 0 Å². The van der Waals surface area contributed by atoms with Crippen LogP contribution in [0.5, 0.6) is 0 Å². The number of hydrogen-bond donors (Lipinski definition) is 2. The van der Waals surface area contributed by atoms with Crippen molar-refractivity contribution in [1.29, 1.82) is 0 Å². The molecule has 0 saturated carbocycles. The van der Waals surface area contributed by atoms with Crippen LogP contribution < -0.4 is 10.6 Å². The van der Waals surface area contributed by atoms with Crippen molar-refractivity contribution in [3.63, 3.8) is 0 Å². The molecule has 0 aromatic rings. The lowest BCUT2D eigenvalue weighted by Crippen LogP contribution is -2.46. The number of nitrogens with one attached hydrogen (secondary N) is 2. The summed E-state index contributed by atoms with van der Waals surface area (Å²) in [6, 6.07) is 0.988. The summed E-state index contributed by atoms with van der Waals surface area (Å²) in [6.07, 6.45) is 2.50. The van der Waals surface area contributed by atoms with Gasteiger partial charge in [-0.25, -0.2) is 0 Å². The van der Waals surface area contributed by atoms with E-state index in [1.165, 1.54) is 12.8 Å². The van der Waals surface area contributed by atoms with Crippen molar-refractivity contribution in [2.75, 3.05) is 26.2 Å². The van der Waals surface area contributed by atoms with Crippen LogP contribution in [0, 0.1) is 0 Å². The van der Waals surface area contributed by atoms with Gasteiger partial charge in [0.1, 0.15) is 0 Å². The molecular weight excluding hydrogens is 202 g/mol. The maximum atomic E-state index is 11.6. The van der Waals surface area contributed by atoms with E-state index in [0.717, 1.165) is 13.1 Å². The van der Waals surface area contributed by atoms with E-state index in [4.69, 9.17) is 0 Å². The van der Waals surface area contributed by atoms with Crippen molar-refractivity contribution in [3.8, 4) is 0 Å². The van der Waals surface area contributed by atoms with Crippen molar-refractivity contribution >= 4 is 5.91 Å². The Bertz CT molecular complexity index is 212. The van der Waals surface area contributed by atoms with E-state index in [2.05, 4.69) is 29.4 Å². The molecule has 1 rings (SSSR count). The Morgan fingerprint density at radius 3 is 2.81 bits per heavy atom. The molecule has 0 aromatic heterocycles. The van der Waals surface area contributed by atoms with Gasteiger partial charge >= 0.3 is 0 Å². The van der Waals surface area contributed by atoms with Gasteiger partial charge in [-0.3, -0.25) is 9.69 Å². The van der Waals surface area contributed by atoms with E-state index < -0.39 is 0 Å². The van der Waals surface area contributed by atoms with Crippen LogP contribution in [0.3, 0.4) is 0 Å². The third kappa shape index (κ3) is 4.49. The van der Waals surface area contributed by atoms with E-state index in [0.29, 0.717) is 25.2 Å². The van der Waals surface area contributed by atoms with Gasteiger partial charge in [0.25, 0.3) is 0 Å². The SMILES string of the molecule is CCNC(=O)CN(CC1CCCN1)C(C)C. The Hall–Kier alpha value is -0.610. The maximum Gasteiger partial charge on any atom is 0.234 e. The molecule has 0 aromatic carbocycles. The van der Waals surface area contributed by atoms with E-state index >= 15 is 0 Å². The molecule has 2 N–H and O–H groups in total. The Morgan fingerprint density at radius 2 is 2.31 bits per heavy atom. The lowest BCUT2D eigenvalue weighted by Gasteiger charge is -2.28. The van der Waals surface area contributed by atoms with Gasteiger partial charge in [-0.1, -0.05) is 0 Å². The second-order valence-electron chi connectivity index (χ2n) is 4.77. The number of carbonyl (C=O) groups is 1. The summed E-state index contributed by atoms with van der Waals surface area (Å²) in [5.74, 6) is 0.134. The third-order valence-electron chi connectivity index (χ3n) is 3.07. The standard InChI is InChI=1S/C12H25N3O/c1-4-13-12(16)9-15(10(2)3)8-11-6-5-7-14-11/h10-11,14H,4-9H2,1-3H3,(H,13,16). The van der Waals surface area contributed by atoms with Crippen molar-refractivity contribution in [1.82, 2.24) is 15.5 Å². The fourth-order valence-corrected chi connectivity index (χ4v) is 2.09. The number of hydrogen-bond acceptors (Lipinski definition) is 3. The molecule has 4 heteroatoms. The monoisotopic (exact) mass is 227 g/mol. The predicted molar refractivity (Wildman–Crippen MR) is 66.4 cm³/mol. The number of rotatable bonds is 6. The Kier molecular flexibility index (Phi) is 5.77. The quantitative estimate of drug-likeness (QED) is 0.698. The molecule has 0 aliphatic carbocycles. The van der Waals surface area contributed by atoms with Crippen molar-refractivity contribution in [2.45, 2.75) is 45.7 Å². The smallest absolute Gasteiger partial charge is 0.234 e. The molecule has 4 nitrogen and oxygen atoms in total. The van der Waals surface area contributed by atoms with Crippen molar-refractivity contribution < 1.29 is 4.79 Å². The Morgan fingerprint density at radius 1 is 1.56 bits per heavy atom. The summed E-state index contributed by atoms with van der Waals surface area (Å²) in [6.45, 7) is 9.58. The van der Waals surface area contributed by atoms with Gasteiger partial charge in [-0.2, -0.15) is 0 Å². The lowest BCUT2D eigenvalue weighted by atomic mass is 10.2. The first-order valence-corrected chi connectivity index (χ1v) is 6.37. The molecule has 1 aliphatic rings. The van der Waals surface area contributed by atoms with E-state index in [1.54, 1.807) is 0 Å². The molecule has 0 spiro atoms. The van der Waals surface area contributed by atoms with Crippen LogP contribution in [-0.4, -0.2) is 49.1 Å². The van der Waals surface area contributed by atoms with Gasteiger partial charge in [-0.05, 0) is 40.2 Å². The van der Waals surface area contributed by atoms with Crippen LogP contribution in [0.15, 0.2) is 0 Å². The number of nitrogens with zero attached hydrogens (tertiary/aromatic N) is 1. The van der Waals surface area contributed by atoms with Crippen LogP contribution in [0.4, 0.5) is 0 Å². The normalized spacial score (nSPS) is 20.7. The molecule has 1 saturated heterocycles. The second kappa shape index (κ2) is 6.86. The Labute approximate surface area is 98.8 Å². The topological polar surface area (TPSA) is 44.4 Å². The summed E-state index contributed by atoms with van der Waals surface area (Å²) < 4.78 is 0. The molecule has 1 aliphatic heterocycles. The highest BCUT2D eigenvalue weighted by molar-refractivity contribution is 5.77. The number of likely N-dealkylation sites (N-methyl/N-ethyl adjacent to an activating group) is 1. The first-order chi connectivity index (χ1) is 7.63. The van der Waals surface area contributed by atoms with Crippen LogP contribution in [0.2, 0.25) is 0 Å². The largest absolute Gasteiger partial charge is 0.355 e. The summed E-state index contributed by atoms with van der Waals surface area (Å²) in [4.78, 5) is 13.8. The van der Waals surface area contributed by atoms with Gasteiger partial charge in [0, 0.05) is 25.2 Å². The molecular formula is C12H25N3O. The zero-order valence-corrected chi connectivity index (χ0v) is 10.8. The molecule has 1 unspecified atom stereocenters. The maximum absolute atomic E-state index is 11.6. The minimum absolute atomic E-state index is 0.134. The van der Waals surface area contributed by atoms with E-state index in [-0.39, 0.29) is 5.91 Å². The summed E-state index contributed by atoms with van der Waals surface area (Å²) in [5.41, 5.74) is 0. The molecule has 0 radical (unpaired) electrons. The van der Waals surface area contributed by atoms with Gasteiger partial charge < -0.3 is 10.6 Å². The zero-order chi connectivity index (χ0) is 12.0. The van der Waals surface area contributed by atoms with Gasteiger partial charge in [-0.15, -0.1) is 0 Å². The number of amides is 1. The van der Waals surface area contributed by atoms with E-state index in [9.17, 15) is 4.79 Å². The van der Waals surface area contributed by atoms with Crippen molar-refractivity contribution in [2.24, 2.45) is 0 Å². The minimum atomic E-state index is 0.134. The lowest BCUT2D eigenvalue weighted by molar-refractivity contribution is -0.122. The van der Waals surface area contributed by atoms with Crippen LogP contribution >= 0.6 is 0 Å². The van der Waals surface area contributed by atoms with Crippen LogP contribution in [0.25, 0.3) is 0 Å². The van der Waals surface area contributed by atoms with Gasteiger partial charge in [0.05, 0.1) is 6.54 Å². The summed E-state index contributed by atoms with van der Waals surface area (Å²) in [5, 5.41) is 6.33. The third-order valence-corrected chi connectivity index (χ3v) is 3.07. The Balaban J connectivity index is 2.37. The average molecular weight is 227 g/mol. The molecule has 94 valence electrons. The fourth-order valence-electron chi connectivity index (χ4n) is 2.09. The molecule has 1 atom stereocenters. The first-order valence-electron chi connectivity index (χ1n) is 6.37. The fraction of sp³-hybridized carbons (Fsp3) is 0.917. The van der Waals surface area contributed by atoms with Gasteiger partial charge in [0.2, 0.25) is 5.91 Å². The molecule has 1 fully saturated rings. The molecule has 0 bridgehead atoms. The first kappa shape index (κ1) is 13.5. The highest BCUT2D eigenvalue weighted by atomic mass is 16.2. The molecule has 16 heavy (non-hydrogen) atoms. The molecule has 1 heterocycles. The summed E-state index contributed by atoms with van der Waals surface area (Å²) in [7, 11) is 0. The minimum Gasteiger partial charge on any atom is -0.355 e. The average Bonchev–Trinajstić information content (AvgIpc) is 2.69. The highest BCUT2D eigenvalue weighted by Gasteiger charge is 2.21. The van der Waals surface area contributed by atoms with Crippen LogP contribution in [0.1, 0.15) is 33.6 Å². The highest BCUT2D eigenvalue weighted by Crippen LogP contribution is 2.08. The molecule has 1 amide bonds. The predicted octanol–water partition coefficient (Wildman–Crippen LogP) is 0.585. The second-order valence-corrected chi connectivity index (χ2v) is 4.77. The van der Waals surface area contributed by atoms with Crippen LogP contribution in [-0.2, 0) is 4.79 Å². The van der Waals surface area contributed by atoms with E-state index in [1.807, 2.05) is 6.92 Å². The number of carbonyl (C=O) groups excluding carboxylic acids is 1. The summed E-state index contributed by atoms with van der Waals surface area (Å²) >= 11 is 0. The zero-order valence-electron chi connectivity index (χ0n) is 10.8.